The molecule has 0 saturated carbocycles. The van der Waals surface area contributed by atoms with Crippen LogP contribution in [0.15, 0.2) is 18.2 Å². The minimum atomic E-state index is -3.09. The maximum atomic E-state index is 13.4. The van der Waals surface area contributed by atoms with Crippen LogP contribution in [-0.4, -0.2) is 18.8 Å². The second-order valence-electron chi connectivity index (χ2n) is 3.56. The Hall–Kier alpha value is -1.20. The summed E-state index contributed by atoms with van der Waals surface area (Å²) in [5.74, 6) is -3.03. The average Bonchev–Trinajstić information content (AvgIpc) is 2.25. The van der Waals surface area contributed by atoms with E-state index in [1.807, 2.05) is 0 Å². The number of benzene rings is 1. The van der Waals surface area contributed by atoms with Crippen molar-refractivity contribution in [2.24, 2.45) is 5.73 Å². The molecular formula is C11H15F2NO2. The Kier molecular flexibility index (Phi) is 3.83. The first-order valence-electron chi connectivity index (χ1n) is 4.85. The molecule has 0 amide bonds. The van der Waals surface area contributed by atoms with Crippen molar-refractivity contribution < 1.29 is 18.6 Å². The quantitative estimate of drug-likeness (QED) is 0.830. The summed E-state index contributed by atoms with van der Waals surface area (Å²) in [5, 5.41) is 9.58. The van der Waals surface area contributed by atoms with Crippen molar-refractivity contribution in [3.63, 3.8) is 0 Å². The first-order valence-corrected chi connectivity index (χ1v) is 4.85. The van der Waals surface area contributed by atoms with Crippen LogP contribution in [0.4, 0.5) is 8.78 Å². The third-order valence-corrected chi connectivity index (χ3v) is 2.30. The van der Waals surface area contributed by atoms with E-state index in [0.717, 1.165) is 6.92 Å². The van der Waals surface area contributed by atoms with Crippen molar-refractivity contribution in [2.75, 3.05) is 13.7 Å². The van der Waals surface area contributed by atoms with Gasteiger partial charge in [0.1, 0.15) is 5.75 Å². The molecule has 1 aromatic carbocycles. The van der Waals surface area contributed by atoms with Gasteiger partial charge in [-0.2, -0.15) is 0 Å². The predicted molar refractivity (Wildman–Crippen MR) is 56.6 cm³/mol. The molecule has 3 nitrogen and oxygen atoms in total. The number of halogens is 2. The molecule has 90 valence electrons. The van der Waals surface area contributed by atoms with Gasteiger partial charge in [-0.25, -0.2) is 8.78 Å². The smallest absolute Gasteiger partial charge is 0.274 e. The summed E-state index contributed by atoms with van der Waals surface area (Å²) in [7, 11) is 1.31. The maximum absolute atomic E-state index is 13.4. The van der Waals surface area contributed by atoms with Crippen LogP contribution in [0.2, 0.25) is 0 Å². The van der Waals surface area contributed by atoms with Gasteiger partial charge in [-0.1, -0.05) is 12.1 Å². The van der Waals surface area contributed by atoms with E-state index in [1.165, 1.54) is 19.2 Å². The summed E-state index contributed by atoms with van der Waals surface area (Å²) in [5.41, 5.74) is 5.07. The Bertz CT molecular complexity index is 363. The van der Waals surface area contributed by atoms with E-state index in [-0.39, 0.29) is 23.4 Å². The van der Waals surface area contributed by atoms with E-state index in [2.05, 4.69) is 0 Å². The van der Waals surface area contributed by atoms with Crippen molar-refractivity contribution in [2.45, 2.75) is 19.0 Å². The molecule has 1 rings (SSSR count). The van der Waals surface area contributed by atoms with E-state index in [1.54, 1.807) is 6.07 Å². The molecule has 0 spiro atoms. The molecule has 3 N–H and O–H groups in total. The van der Waals surface area contributed by atoms with Gasteiger partial charge < -0.3 is 15.6 Å². The minimum Gasteiger partial charge on any atom is -0.496 e. The molecule has 1 unspecified atom stereocenters. The maximum Gasteiger partial charge on any atom is 0.274 e. The lowest BCUT2D eigenvalue weighted by Gasteiger charge is -2.21. The minimum absolute atomic E-state index is 0.0532. The predicted octanol–water partition coefficient (Wildman–Crippen LogP) is 1.80. The molecule has 1 atom stereocenters. The molecule has 0 aliphatic heterocycles. The second kappa shape index (κ2) is 4.76. The Morgan fingerprint density at radius 1 is 1.50 bits per heavy atom. The molecule has 16 heavy (non-hydrogen) atoms. The van der Waals surface area contributed by atoms with E-state index in [0.29, 0.717) is 0 Å². The Labute approximate surface area is 92.8 Å². The standard InChI is InChI=1S/C11H15F2NO2/c1-11(12,13)10-7(8(15)6-14)4-3-5-9(10)16-2/h3-5,8,15H,6,14H2,1-2H3. The molecule has 0 bridgehead atoms. The summed E-state index contributed by atoms with van der Waals surface area (Å²) in [6.07, 6.45) is -1.11. The highest BCUT2D eigenvalue weighted by Gasteiger charge is 2.33. The topological polar surface area (TPSA) is 55.5 Å². The lowest BCUT2D eigenvalue weighted by atomic mass is 9.97. The normalized spacial score (nSPS) is 13.6. The van der Waals surface area contributed by atoms with E-state index >= 15 is 0 Å². The first kappa shape index (κ1) is 12.9. The van der Waals surface area contributed by atoms with E-state index in [9.17, 15) is 13.9 Å². The monoisotopic (exact) mass is 231 g/mol. The largest absolute Gasteiger partial charge is 0.496 e. The number of nitrogens with two attached hydrogens (primary N) is 1. The Morgan fingerprint density at radius 2 is 2.12 bits per heavy atom. The summed E-state index contributed by atoms with van der Waals surface area (Å²) in [4.78, 5) is 0. The number of alkyl halides is 2. The molecule has 0 saturated heterocycles. The number of hydrogen-bond donors (Lipinski definition) is 2. The van der Waals surface area contributed by atoms with Crippen molar-refractivity contribution in [3.8, 4) is 5.75 Å². The molecule has 5 heteroatoms. The van der Waals surface area contributed by atoms with Gasteiger partial charge in [-0.05, 0) is 11.6 Å². The van der Waals surface area contributed by atoms with E-state index < -0.39 is 12.0 Å². The molecule has 1 aromatic rings. The molecule has 0 fully saturated rings. The van der Waals surface area contributed by atoms with Gasteiger partial charge in [0, 0.05) is 13.5 Å². The fourth-order valence-corrected chi connectivity index (χ4v) is 1.59. The van der Waals surface area contributed by atoms with Crippen LogP contribution < -0.4 is 10.5 Å². The summed E-state index contributed by atoms with van der Waals surface area (Å²) in [6, 6.07) is 4.40. The van der Waals surface area contributed by atoms with Crippen LogP contribution in [0.1, 0.15) is 24.2 Å². The van der Waals surface area contributed by atoms with Crippen LogP contribution >= 0.6 is 0 Å². The van der Waals surface area contributed by atoms with Crippen LogP contribution in [0.25, 0.3) is 0 Å². The van der Waals surface area contributed by atoms with Crippen molar-refractivity contribution >= 4 is 0 Å². The lowest BCUT2D eigenvalue weighted by molar-refractivity contribution is 0.0114. The van der Waals surface area contributed by atoms with Gasteiger partial charge >= 0.3 is 0 Å². The van der Waals surface area contributed by atoms with Gasteiger partial charge in [0.15, 0.2) is 0 Å². The van der Waals surface area contributed by atoms with Gasteiger partial charge in [0.05, 0.1) is 18.8 Å². The fourth-order valence-electron chi connectivity index (χ4n) is 1.59. The zero-order chi connectivity index (χ0) is 12.3. The number of hydrogen-bond acceptors (Lipinski definition) is 3. The molecular weight excluding hydrogens is 216 g/mol. The number of methoxy groups -OCH3 is 1. The number of aliphatic hydroxyl groups is 1. The molecule has 0 aliphatic rings. The Morgan fingerprint density at radius 3 is 2.56 bits per heavy atom. The average molecular weight is 231 g/mol. The highest BCUT2D eigenvalue weighted by atomic mass is 19.3. The zero-order valence-corrected chi connectivity index (χ0v) is 9.21. The number of rotatable bonds is 4. The van der Waals surface area contributed by atoms with Crippen LogP contribution in [-0.2, 0) is 5.92 Å². The third-order valence-electron chi connectivity index (χ3n) is 2.30. The highest BCUT2D eigenvalue weighted by Crippen LogP contribution is 2.39. The van der Waals surface area contributed by atoms with Gasteiger partial charge in [-0.15, -0.1) is 0 Å². The fraction of sp³-hybridized carbons (Fsp3) is 0.455. The van der Waals surface area contributed by atoms with Crippen LogP contribution in [0, 0.1) is 0 Å². The zero-order valence-electron chi connectivity index (χ0n) is 9.21. The molecule has 0 aromatic heterocycles. The summed E-state index contributed by atoms with van der Waals surface area (Å²) in [6.45, 7) is 0.647. The molecule has 0 aliphatic carbocycles. The SMILES string of the molecule is COc1cccc(C(O)CN)c1C(C)(F)F. The van der Waals surface area contributed by atoms with Crippen molar-refractivity contribution in [1.82, 2.24) is 0 Å². The van der Waals surface area contributed by atoms with Crippen LogP contribution in [0.5, 0.6) is 5.75 Å². The number of aliphatic hydroxyl groups excluding tert-OH is 1. The van der Waals surface area contributed by atoms with E-state index in [4.69, 9.17) is 10.5 Å². The second-order valence-corrected chi connectivity index (χ2v) is 3.56. The highest BCUT2D eigenvalue weighted by molar-refractivity contribution is 5.44. The van der Waals surface area contributed by atoms with Crippen molar-refractivity contribution in [3.05, 3.63) is 29.3 Å². The van der Waals surface area contributed by atoms with Crippen molar-refractivity contribution in [1.29, 1.82) is 0 Å². The molecule has 0 heterocycles. The third kappa shape index (κ3) is 2.48. The van der Waals surface area contributed by atoms with Gasteiger partial charge in [-0.3, -0.25) is 0 Å². The number of ether oxygens (including phenoxy) is 1. The van der Waals surface area contributed by atoms with Gasteiger partial charge in [0.25, 0.3) is 5.92 Å². The Balaban J connectivity index is 3.38. The first-order chi connectivity index (χ1) is 7.41. The lowest BCUT2D eigenvalue weighted by Crippen LogP contribution is -2.19. The summed E-state index contributed by atoms with van der Waals surface area (Å²) < 4.78 is 31.7. The van der Waals surface area contributed by atoms with Gasteiger partial charge in [0.2, 0.25) is 0 Å². The molecule has 0 radical (unpaired) electrons. The van der Waals surface area contributed by atoms with Crippen LogP contribution in [0.3, 0.4) is 0 Å². The summed E-state index contributed by atoms with van der Waals surface area (Å²) >= 11 is 0.